The predicted molar refractivity (Wildman–Crippen MR) is 109 cm³/mol. The molecule has 0 radical (unpaired) electrons. The van der Waals surface area contributed by atoms with E-state index in [2.05, 4.69) is 5.32 Å². The first-order valence-electron chi connectivity index (χ1n) is 8.79. The molecule has 0 saturated carbocycles. The third kappa shape index (κ3) is 7.30. The third-order valence-corrected chi connectivity index (χ3v) is 4.17. The van der Waals surface area contributed by atoms with Crippen molar-refractivity contribution in [2.45, 2.75) is 32.5 Å². The second-order valence-electron chi connectivity index (χ2n) is 6.26. The Kier molecular flexibility index (Phi) is 8.97. The van der Waals surface area contributed by atoms with Gasteiger partial charge in [0.25, 0.3) is 0 Å². The molecule has 0 aliphatic carbocycles. The van der Waals surface area contributed by atoms with Crippen molar-refractivity contribution < 1.29 is 22.8 Å². The minimum absolute atomic E-state index is 0. The molecule has 9 heteroatoms. The molecule has 2 amide bonds. The highest BCUT2D eigenvalue weighted by molar-refractivity contribution is 5.91. The summed E-state index contributed by atoms with van der Waals surface area (Å²) in [6, 6.07) is 13.7. The molecule has 2 rings (SSSR count). The van der Waals surface area contributed by atoms with Gasteiger partial charge in [0.05, 0.1) is 0 Å². The van der Waals surface area contributed by atoms with Gasteiger partial charge in [0.1, 0.15) is 0 Å². The van der Waals surface area contributed by atoms with Crippen LogP contribution in [-0.4, -0.2) is 29.4 Å². The summed E-state index contributed by atoms with van der Waals surface area (Å²) < 4.78 is 37.9. The molecule has 0 spiro atoms. The number of nitrogen functional groups attached to an aromatic ring is 1. The second-order valence-corrected chi connectivity index (χ2v) is 6.26. The van der Waals surface area contributed by atoms with Crippen LogP contribution in [0.3, 0.4) is 0 Å². The van der Waals surface area contributed by atoms with Gasteiger partial charge >= 0.3 is 12.1 Å². The number of rotatable bonds is 7. The van der Waals surface area contributed by atoms with E-state index in [0.29, 0.717) is 28.3 Å². The van der Waals surface area contributed by atoms with Gasteiger partial charge in [-0.05, 0) is 42.7 Å². The predicted octanol–water partition coefficient (Wildman–Crippen LogP) is 4.17. The summed E-state index contributed by atoms with van der Waals surface area (Å²) in [5.41, 5.74) is 8.29. The molecule has 2 aromatic carbocycles. The van der Waals surface area contributed by atoms with Crippen LogP contribution in [0.15, 0.2) is 48.5 Å². The van der Waals surface area contributed by atoms with Gasteiger partial charge in [-0.3, -0.25) is 9.59 Å². The third-order valence-electron chi connectivity index (χ3n) is 4.17. The maximum absolute atomic E-state index is 12.6. The van der Waals surface area contributed by atoms with E-state index < -0.39 is 12.1 Å². The highest BCUT2D eigenvalue weighted by Crippen LogP contribution is 2.21. The minimum atomic E-state index is -4.92. The lowest BCUT2D eigenvalue weighted by molar-refractivity contribution is -0.185. The van der Waals surface area contributed by atoms with Gasteiger partial charge < -0.3 is 16.0 Å². The van der Waals surface area contributed by atoms with Gasteiger partial charge in [-0.2, -0.15) is 13.2 Å². The van der Waals surface area contributed by atoms with Crippen LogP contribution < -0.4 is 11.1 Å². The zero-order valence-electron chi connectivity index (χ0n) is 15.8. The number of carbonyl (C=O) groups excluding carboxylic acids is 2. The number of aryl methyl sites for hydroxylation is 1. The first-order valence-corrected chi connectivity index (χ1v) is 8.79. The van der Waals surface area contributed by atoms with Crippen molar-refractivity contribution in [3.8, 4) is 0 Å². The van der Waals surface area contributed by atoms with Gasteiger partial charge in [0, 0.05) is 30.9 Å². The van der Waals surface area contributed by atoms with E-state index >= 15 is 0 Å². The monoisotopic (exact) mass is 429 g/mol. The van der Waals surface area contributed by atoms with Crippen LogP contribution >= 0.6 is 12.4 Å². The molecular formula is C20H23ClF3N3O2. The van der Waals surface area contributed by atoms with Crippen LogP contribution in [0.4, 0.5) is 24.5 Å². The first-order chi connectivity index (χ1) is 13.2. The molecule has 0 aliphatic heterocycles. The lowest BCUT2D eigenvalue weighted by Gasteiger charge is -2.22. The number of nitrogens with one attached hydrogen (secondary N) is 1. The Balaban J connectivity index is 0.00000420. The zero-order valence-corrected chi connectivity index (χ0v) is 16.6. The largest absolute Gasteiger partial charge is 0.471 e. The van der Waals surface area contributed by atoms with Gasteiger partial charge in [0.15, 0.2) is 0 Å². The van der Waals surface area contributed by atoms with Gasteiger partial charge in [-0.25, -0.2) is 0 Å². The number of carbonyl (C=O) groups is 2. The van der Waals surface area contributed by atoms with Crippen molar-refractivity contribution in [2.75, 3.05) is 17.6 Å². The fraction of sp³-hybridized carbons (Fsp3) is 0.300. The first kappa shape index (κ1) is 24.3. The van der Waals surface area contributed by atoms with Gasteiger partial charge in [0.2, 0.25) is 5.91 Å². The number of amides is 2. The number of alkyl halides is 3. The molecule has 0 unspecified atom stereocenters. The van der Waals surface area contributed by atoms with Crippen LogP contribution in [-0.2, 0) is 22.6 Å². The summed E-state index contributed by atoms with van der Waals surface area (Å²) in [4.78, 5) is 24.3. The van der Waals surface area contributed by atoms with Crippen LogP contribution in [0.2, 0.25) is 0 Å². The molecule has 2 aromatic rings. The summed E-state index contributed by atoms with van der Waals surface area (Å²) in [6.45, 7) is 1.21. The summed E-state index contributed by atoms with van der Waals surface area (Å²) in [7, 11) is 0. The Bertz CT molecular complexity index is 844. The summed E-state index contributed by atoms with van der Waals surface area (Å²) in [5, 5.41) is 2.72. The van der Waals surface area contributed by atoms with Crippen molar-refractivity contribution in [1.29, 1.82) is 0 Å². The Morgan fingerprint density at radius 3 is 2.41 bits per heavy atom. The lowest BCUT2D eigenvalue weighted by atomic mass is 10.1. The molecule has 0 saturated heterocycles. The fourth-order valence-electron chi connectivity index (χ4n) is 2.71. The maximum Gasteiger partial charge on any atom is 0.471 e. The lowest BCUT2D eigenvalue weighted by Crippen LogP contribution is -2.40. The normalized spacial score (nSPS) is 10.8. The molecule has 3 N–H and O–H groups in total. The standard InChI is InChI=1S/C20H22F3N3O2.ClH/c1-2-26(19(28)20(21,22)23)13-14-6-5-8-16(12-14)25-18(27)11-10-15-7-3-4-9-17(15)24;/h3-9,12H,2,10-11,13,24H2,1H3,(H,25,27);1H. The zero-order chi connectivity index (χ0) is 20.7. The summed E-state index contributed by atoms with van der Waals surface area (Å²) >= 11 is 0. The Labute approximate surface area is 173 Å². The van der Waals surface area contributed by atoms with Crippen LogP contribution in [0.1, 0.15) is 24.5 Å². The number of anilines is 2. The van der Waals surface area contributed by atoms with E-state index in [9.17, 15) is 22.8 Å². The average molecular weight is 430 g/mol. The van der Waals surface area contributed by atoms with E-state index in [1.165, 1.54) is 6.92 Å². The number of nitrogens with two attached hydrogens (primary N) is 1. The number of hydrogen-bond donors (Lipinski definition) is 2. The van der Waals surface area contributed by atoms with E-state index in [0.717, 1.165) is 5.56 Å². The number of halogens is 4. The molecule has 29 heavy (non-hydrogen) atoms. The number of para-hydroxylation sites is 1. The molecule has 158 valence electrons. The maximum atomic E-state index is 12.6. The van der Waals surface area contributed by atoms with Gasteiger partial charge in [-0.1, -0.05) is 30.3 Å². The smallest absolute Gasteiger partial charge is 0.399 e. The summed E-state index contributed by atoms with van der Waals surface area (Å²) in [6.07, 6.45) is -4.23. The van der Waals surface area contributed by atoms with Gasteiger partial charge in [-0.15, -0.1) is 12.4 Å². The van der Waals surface area contributed by atoms with E-state index in [1.54, 1.807) is 30.3 Å². The number of nitrogens with zero attached hydrogens (tertiary/aromatic N) is 1. The minimum Gasteiger partial charge on any atom is -0.399 e. The molecule has 5 nitrogen and oxygen atoms in total. The SMILES string of the molecule is CCN(Cc1cccc(NC(=O)CCc2ccccc2N)c1)C(=O)C(F)(F)F.Cl. The van der Waals surface area contributed by atoms with E-state index in [1.807, 2.05) is 18.2 Å². The quantitative estimate of drug-likeness (QED) is 0.648. The molecule has 0 aliphatic rings. The number of hydrogen-bond acceptors (Lipinski definition) is 3. The highest BCUT2D eigenvalue weighted by atomic mass is 35.5. The molecule has 0 atom stereocenters. The second kappa shape index (κ2) is 10.7. The van der Waals surface area contributed by atoms with Crippen molar-refractivity contribution in [2.24, 2.45) is 0 Å². The van der Waals surface area contributed by atoms with Crippen molar-refractivity contribution in [3.05, 3.63) is 59.7 Å². The number of benzene rings is 2. The fourth-order valence-corrected chi connectivity index (χ4v) is 2.71. The van der Waals surface area contributed by atoms with Crippen molar-refractivity contribution >= 4 is 35.6 Å². The van der Waals surface area contributed by atoms with Crippen molar-refractivity contribution in [1.82, 2.24) is 4.90 Å². The molecular weight excluding hydrogens is 407 g/mol. The topological polar surface area (TPSA) is 75.4 Å². The Hall–Kier alpha value is -2.74. The molecule has 0 heterocycles. The molecule has 0 aromatic heterocycles. The Morgan fingerprint density at radius 2 is 1.79 bits per heavy atom. The van der Waals surface area contributed by atoms with Crippen LogP contribution in [0.5, 0.6) is 0 Å². The molecule has 0 bridgehead atoms. The van der Waals surface area contributed by atoms with E-state index in [-0.39, 0.29) is 37.8 Å². The average Bonchev–Trinajstić information content (AvgIpc) is 2.64. The van der Waals surface area contributed by atoms with E-state index in [4.69, 9.17) is 5.73 Å². The summed E-state index contributed by atoms with van der Waals surface area (Å²) in [5.74, 6) is -2.12. The highest BCUT2D eigenvalue weighted by Gasteiger charge is 2.41. The van der Waals surface area contributed by atoms with Crippen LogP contribution in [0.25, 0.3) is 0 Å². The van der Waals surface area contributed by atoms with Crippen molar-refractivity contribution in [3.63, 3.8) is 0 Å². The van der Waals surface area contributed by atoms with Crippen LogP contribution in [0, 0.1) is 0 Å². The molecule has 0 fully saturated rings. The Morgan fingerprint density at radius 1 is 1.10 bits per heavy atom.